The van der Waals surface area contributed by atoms with E-state index in [2.05, 4.69) is 21.6 Å². The van der Waals surface area contributed by atoms with Gasteiger partial charge in [0.2, 0.25) is 0 Å². The van der Waals surface area contributed by atoms with Crippen molar-refractivity contribution >= 4 is 28.5 Å². The van der Waals surface area contributed by atoms with E-state index in [4.69, 9.17) is 5.11 Å². The number of carboxylic acids is 1. The molecule has 2 heterocycles. The van der Waals surface area contributed by atoms with Crippen molar-refractivity contribution in [3.05, 3.63) is 33.8 Å². The average molecular weight is 358 g/mol. The van der Waals surface area contributed by atoms with E-state index >= 15 is 0 Å². The van der Waals surface area contributed by atoms with Crippen LogP contribution in [0.4, 0.5) is 0 Å². The summed E-state index contributed by atoms with van der Waals surface area (Å²) in [7, 11) is 1.41. The van der Waals surface area contributed by atoms with Gasteiger partial charge in [-0.2, -0.15) is 0 Å². The van der Waals surface area contributed by atoms with Gasteiger partial charge >= 0.3 is 5.97 Å². The Bertz CT molecular complexity index is 993. The predicted molar refractivity (Wildman–Crippen MR) is 92.9 cm³/mol. The zero-order valence-electron chi connectivity index (χ0n) is 14.2. The summed E-state index contributed by atoms with van der Waals surface area (Å²) in [5, 5.41) is 29.7. The fourth-order valence-corrected chi connectivity index (χ4v) is 2.98. The van der Waals surface area contributed by atoms with Gasteiger partial charge in [-0.25, -0.2) is 0 Å². The number of nitrogens with one attached hydrogen (secondary N) is 1. The number of rotatable bonds is 4. The van der Waals surface area contributed by atoms with Gasteiger partial charge in [-0.05, 0) is 37.3 Å². The van der Waals surface area contributed by atoms with Gasteiger partial charge in [0, 0.05) is 7.05 Å². The van der Waals surface area contributed by atoms with Crippen molar-refractivity contribution in [2.45, 2.75) is 25.7 Å². The third-order valence-corrected chi connectivity index (χ3v) is 4.35. The highest BCUT2D eigenvalue weighted by molar-refractivity contribution is 6.02. The molecule has 1 amide bonds. The molecule has 136 valence electrons. The fraction of sp³-hybridized carbons (Fsp3) is 0.353. The quantitative estimate of drug-likeness (QED) is 0.736. The minimum atomic E-state index is -1.26. The lowest BCUT2D eigenvalue weighted by Crippen LogP contribution is -2.35. The monoisotopic (exact) mass is 358 g/mol. The molecule has 0 saturated carbocycles. The van der Waals surface area contributed by atoms with E-state index < -0.39 is 35.3 Å². The first kappa shape index (κ1) is 17.6. The van der Waals surface area contributed by atoms with Crippen molar-refractivity contribution in [1.29, 1.82) is 0 Å². The summed E-state index contributed by atoms with van der Waals surface area (Å²) in [6, 6.07) is 1.60. The smallest absolute Gasteiger partial charge is 0.322 e. The summed E-state index contributed by atoms with van der Waals surface area (Å²) in [5.41, 5.74) is 0.441. The Hall–Kier alpha value is -3.23. The van der Waals surface area contributed by atoms with Crippen LogP contribution in [0.25, 0.3) is 16.6 Å². The Kier molecular flexibility index (Phi) is 4.70. The van der Waals surface area contributed by atoms with Crippen LogP contribution in [0, 0.1) is 0 Å². The number of aliphatic carboxylic acids is 1. The number of aromatic nitrogens is 3. The first-order valence-corrected chi connectivity index (χ1v) is 8.19. The van der Waals surface area contributed by atoms with Crippen molar-refractivity contribution < 1.29 is 19.8 Å². The van der Waals surface area contributed by atoms with Gasteiger partial charge in [0.15, 0.2) is 5.65 Å². The molecule has 0 atom stereocenters. The standard InChI is InChI=1S/C17H18N4O5/c1-21-15-10(7-11(19-20-15)9-5-3-2-4-6-9)14(24)13(17(21)26)16(25)18-8-12(22)23/h5,7,24H,2-4,6,8H2,1H3,(H,18,25)(H,22,23). The highest BCUT2D eigenvalue weighted by atomic mass is 16.4. The molecule has 9 heteroatoms. The molecule has 3 N–H and O–H groups in total. The number of carboxylic acid groups (broad SMARTS) is 1. The van der Waals surface area contributed by atoms with Crippen molar-refractivity contribution in [2.24, 2.45) is 7.05 Å². The highest BCUT2D eigenvalue weighted by Gasteiger charge is 2.23. The summed E-state index contributed by atoms with van der Waals surface area (Å²) >= 11 is 0. The normalized spacial score (nSPS) is 14.1. The molecule has 0 aromatic carbocycles. The predicted octanol–water partition coefficient (Wildman–Crippen LogP) is 0.806. The molecule has 0 radical (unpaired) electrons. The third-order valence-electron chi connectivity index (χ3n) is 4.35. The van der Waals surface area contributed by atoms with E-state index in [1.807, 2.05) is 0 Å². The molecule has 3 rings (SSSR count). The minimum absolute atomic E-state index is 0.141. The SMILES string of the molecule is Cn1c(=O)c(C(=O)NCC(=O)O)c(O)c2cc(C3=CCCCC3)nnc21. The molecule has 0 fully saturated rings. The number of hydrogen-bond donors (Lipinski definition) is 3. The second kappa shape index (κ2) is 6.95. The van der Waals surface area contributed by atoms with Crippen LogP contribution in [0.1, 0.15) is 41.7 Å². The summed E-state index contributed by atoms with van der Waals surface area (Å²) in [5.74, 6) is -2.74. The van der Waals surface area contributed by atoms with Gasteiger partial charge in [0.25, 0.3) is 11.5 Å². The highest BCUT2D eigenvalue weighted by Crippen LogP contribution is 2.30. The largest absolute Gasteiger partial charge is 0.506 e. The molecular weight excluding hydrogens is 340 g/mol. The zero-order valence-corrected chi connectivity index (χ0v) is 14.2. The minimum Gasteiger partial charge on any atom is -0.506 e. The number of carbonyl (C=O) groups excluding carboxylic acids is 1. The maximum absolute atomic E-state index is 12.4. The van der Waals surface area contributed by atoms with Gasteiger partial charge in [0.1, 0.15) is 17.9 Å². The maximum Gasteiger partial charge on any atom is 0.322 e. The first-order chi connectivity index (χ1) is 12.4. The summed E-state index contributed by atoms with van der Waals surface area (Å²) in [6.45, 7) is -0.661. The van der Waals surface area contributed by atoms with Crippen LogP contribution >= 0.6 is 0 Å². The molecule has 1 aliphatic carbocycles. The number of carbonyl (C=O) groups is 2. The van der Waals surface area contributed by atoms with Crippen LogP contribution in [0.3, 0.4) is 0 Å². The number of nitrogens with zero attached hydrogens (tertiary/aromatic N) is 3. The molecule has 0 bridgehead atoms. The Labute approximate surface area is 148 Å². The fourth-order valence-electron chi connectivity index (χ4n) is 2.98. The summed E-state index contributed by atoms with van der Waals surface area (Å²) in [6.07, 6.45) is 6.00. The molecular formula is C17H18N4O5. The van der Waals surface area contributed by atoms with Crippen molar-refractivity contribution in [3.63, 3.8) is 0 Å². The number of pyridine rings is 1. The molecule has 0 spiro atoms. The van der Waals surface area contributed by atoms with Crippen molar-refractivity contribution in [3.8, 4) is 5.75 Å². The topological polar surface area (TPSA) is 134 Å². The van der Waals surface area contributed by atoms with Gasteiger partial charge in [-0.1, -0.05) is 6.08 Å². The molecule has 26 heavy (non-hydrogen) atoms. The third kappa shape index (κ3) is 3.15. The number of hydrogen-bond acceptors (Lipinski definition) is 6. The molecule has 2 aromatic rings. The van der Waals surface area contributed by atoms with Gasteiger partial charge < -0.3 is 15.5 Å². The van der Waals surface area contributed by atoms with Gasteiger partial charge in [-0.3, -0.25) is 19.0 Å². The number of fused-ring (bicyclic) bond motifs is 1. The Balaban J connectivity index is 2.14. The van der Waals surface area contributed by atoms with E-state index in [1.54, 1.807) is 6.07 Å². The lowest BCUT2D eigenvalue weighted by molar-refractivity contribution is -0.135. The molecule has 2 aromatic heterocycles. The van der Waals surface area contributed by atoms with E-state index in [1.165, 1.54) is 7.05 Å². The Morgan fingerprint density at radius 1 is 1.31 bits per heavy atom. The van der Waals surface area contributed by atoms with Crippen LogP contribution in [0.2, 0.25) is 0 Å². The van der Waals surface area contributed by atoms with Crippen LogP contribution in [0.15, 0.2) is 16.9 Å². The number of aromatic hydroxyl groups is 1. The van der Waals surface area contributed by atoms with E-state index in [0.29, 0.717) is 5.69 Å². The molecule has 9 nitrogen and oxygen atoms in total. The van der Waals surface area contributed by atoms with Gasteiger partial charge in [-0.15, -0.1) is 10.2 Å². The second-order valence-electron chi connectivity index (χ2n) is 6.11. The average Bonchev–Trinajstić information content (AvgIpc) is 2.65. The van der Waals surface area contributed by atoms with E-state index in [9.17, 15) is 19.5 Å². The second-order valence-corrected chi connectivity index (χ2v) is 6.11. The summed E-state index contributed by atoms with van der Waals surface area (Å²) < 4.78 is 1.11. The van der Waals surface area contributed by atoms with E-state index in [0.717, 1.165) is 35.8 Å². The van der Waals surface area contributed by atoms with Crippen LogP contribution in [-0.4, -0.2) is 43.4 Å². The van der Waals surface area contributed by atoms with Crippen LogP contribution in [-0.2, 0) is 11.8 Å². The Morgan fingerprint density at radius 3 is 2.73 bits per heavy atom. The van der Waals surface area contributed by atoms with Crippen LogP contribution < -0.4 is 10.9 Å². The molecule has 0 aliphatic heterocycles. The zero-order chi connectivity index (χ0) is 18.8. The van der Waals surface area contributed by atoms with Crippen LogP contribution in [0.5, 0.6) is 5.75 Å². The first-order valence-electron chi connectivity index (χ1n) is 8.19. The molecule has 1 aliphatic rings. The van der Waals surface area contributed by atoms with Crippen molar-refractivity contribution in [1.82, 2.24) is 20.1 Å². The number of amides is 1. The Morgan fingerprint density at radius 2 is 2.08 bits per heavy atom. The van der Waals surface area contributed by atoms with Crippen molar-refractivity contribution in [2.75, 3.05) is 6.54 Å². The lowest BCUT2D eigenvalue weighted by Gasteiger charge is -2.14. The number of allylic oxidation sites excluding steroid dienone is 2. The lowest BCUT2D eigenvalue weighted by atomic mass is 9.96. The summed E-state index contributed by atoms with van der Waals surface area (Å²) in [4.78, 5) is 35.2. The molecule has 0 saturated heterocycles. The maximum atomic E-state index is 12.4. The van der Waals surface area contributed by atoms with E-state index in [-0.39, 0.29) is 11.0 Å². The molecule has 0 unspecified atom stereocenters. The van der Waals surface area contributed by atoms with Gasteiger partial charge in [0.05, 0.1) is 11.1 Å². The number of aryl methyl sites for hydroxylation is 1.